The highest BCUT2D eigenvalue weighted by molar-refractivity contribution is 7.99. The van der Waals surface area contributed by atoms with Crippen LogP contribution in [0.25, 0.3) is 0 Å². The lowest BCUT2D eigenvalue weighted by Gasteiger charge is -2.10. The van der Waals surface area contributed by atoms with E-state index in [0.717, 1.165) is 13.0 Å². The second-order valence-corrected chi connectivity index (χ2v) is 4.16. The number of hydrogen-bond donors (Lipinski definition) is 1. The molecule has 0 radical (unpaired) electrons. The first-order valence-electron chi connectivity index (χ1n) is 4.59. The molecule has 0 aromatic carbocycles. The lowest BCUT2D eigenvalue weighted by molar-refractivity contribution is -0.133. The van der Waals surface area contributed by atoms with E-state index >= 15 is 0 Å². The molecule has 1 N–H and O–H groups in total. The summed E-state index contributed by atoms with van der Waals surface area (Å²) in [4.78, 5) is 10.4. The van der Waals surface area contributed by atoms with Gasteiger partial charge in [-0.15, -0.1) is 10.2 Å². The van der Waals surface area contributed by atoms with E-state index in [9.17, 15) is 4.79 Å². The van der Waals surface area contributed by atoms with Gasteiger partial charge in [-0.25, -0.2) is 0 Å². The number of ether oxygens (including phenoxy) is 1. The van der Waals surface area contributed by atoms with Crippen molar-refractivity contribution < 1.29 is 14.6 Å². The smallest absolute Gasteiger partial charge is 0.313 e. The van der Waals surface area contributed by atoms with Gasteiger partial charge in [-0.05, 0) is 6.42 Å². The summed E-state index contributed by atoms with van der Waals surface area (Å²) in [6, 6.07) is 0.247. The number of rotatable bonds is 4. The fourth-order valence-corrected chi connectivity index (χ4v) is 2.16. The Labute approximate surface area is 90.6 Å². The molecule has 0 amide bonds. The summed E-state index contributed by atoms with van der Waals surface area (Å²) in [6.45, 7) is 1.39. The minimum absolute atomic E-state index is 0.00622. The molecule has 2 rings (SSSR count). The molecule has 6 nitrogen and oxygen atoms in total. The first kappa shape index (κ1) is 10.4. The molecule has 0 saturated carbocycles. The van der Waals surface area contributed by atoms with E-state index in [-0.39, 0.29) is 11.8 Å². The highest BCUT2D eigenvalue weighted by Gasteiger charge is 2.20. The van der Waals surface area contributed by atoms with Gasteiger partial charge in [0.2, 0.25) is 0 Å². The Morgan fingerprint density at radius 2 is 2.67 bits per heavy atom. The van der Waals surface area contributed by atoms with E-state index in [1.807, 2.05) is 4.57 Å². The molecule has 15 heavy (non-hydrogen) atoms. The van der Waals surface area contributed by atoms with Crippen LogP contribution in [0, 0.1) is 0 Å². The van der Waals surface area contributed by atoms with Gasteiger partial charge in [0.15, 0.2) is 5.16 Å². The largest absolute Gasteiger partial charge is 0.481 e. The van der Waals surface area contributed by atoms with Crippen molar-refractivity contribution in [3.8, 4) is 0 Å². The van der Waals surface area contributed by atoms with E-state index in [1.165, 1.54) is 11.8 Å². The van der Waals surface area contributed by atoms with Crippen molar-refractivity contribution in [3.63, 3.8) is 0 Å². The van der Waals surface area contributed by atoms with E-state index in [1.54, 1.807) is 6.33 Å². The number of nitrogens with zero attached hydrogens (tertiary/aromatic N) is 3. The summed E-state index contributed by atoms with van der Waals surface area (Å²) in [7, 11) is 0. The van der Waals surface area contributed by atoms with Crippen molar-refractivity contribution in [2.24, 2.45) is 0 Å². The van der Waals surface area contributed by atoms with Gasteiger partial charge < -0.3 is 14.4 Å². The highest BCUT2D eigenvalue weighted by atomic mass is 32.2. The summed E-state index contributed by atoms with van der Waals surface area (Å²) < 4.78 is 7.15. The number of thioether (sulfide) groups is 1. The monoisotopic (exact) mass is 229 g/mol. The van der Waals surface area contributed by atoms with E-state index in [2.05, 4.69) is 10.2 Å². The van der Waals surface area contributed by atoms with Crippen molar-refractivity contribution in [2.75, 3.05) is 19.0 Å². The number of aliphatic carboxylic acids is 1. The molecule has 1 aromatic heterocycles. The van der Waals surface area contributed by atoms with Crippen molar-refractivity contribution in [2.45, 2.75) is 17.6 Å². The van der Waals surface area contributed by atoms with Gasteiger partial charge in [0.05, 0.1) is 18.4 Å². The molecule has 1 saturated heterocycles. The third-order valence-electron chi connectivity index (χ3n) is 2.16. The summed E-state index contributed by atoms with van der Waals surface area (Å²) in [6.07, 6.45) is 2.56. The van der Waals surface area contributed by atoms with Crippen LogP contribution >= 0.6 is 11.8 Å². The molecule has 2 heterocycles. The van der Waals surface area contributed by atoms with Gasteiger partial charge in [0, 0.05) is 6.61 Å². The molecular weight excluding hydrogens is 218 g/mol. The van der Waals surface area contributed by atoms with E-state index < -0.39 is 5.97 Å². The predicted octanol–water partition coefficient (Wildman–Crippen LogP) is 0.416. The lowest BCUT2D eigenvalue weighted by atomic mass is 10.3. The SMILES string of the molecule is O=C(O)CSc1nncn1C1CCOC1. The maximum Gasteiger partial charge on any atom is 0.313 e. The summed E-state index contributed by atoms with van der Waals surface area (Å²) in [5.41, 5.74) is 0. The predicted molar refractivity (Wildman–Crippen MR) is 52.9 cm³/mol. The van der Waals surface area contributed by atoms with E-state index in [4.69, 9.17) is 9.84 Å². The average Bonchev–Trinajstić information content (AvgIpc) is 2.85. The van der Waals surface area contributed by atoms with Crippen LogP contribution in [-0.2, 0) is 9.53 Å². The lowest BCUT2D eigenvalue weighted by Crippen LogP contribution is -2.09. The Morgan fingerprint density at radius 3 is 3.33 bits per heavy atom. The Kier molecular flexibility index (Phi) is 3.22. The molecule has 82 valence electrons. The first-order valence-corrected chi connectivity index (χ1v) is 5.58. The zero-order chi connectivity index (χ0) is 10.7. The Balaban J connectivity index is 2.04. The standard InChI is InChI=1S/C8H11N3O3S/c12-7(13)4-15-8-10-9-5-11(8)6-1-2-14-3-6/h5-6H,1-4H2,(H,12,13). The molecule has 7 heteroatoms. The molecule has 0 aliphatic carbocycles. The minimum atomic E-state index is -0.850. The summed E-state index contributed by atoms with van der Waals surface area (Å²) in [5, 5.41) is 16.9. The van der Waals surface area contributed by atoms with Crippen molar-refractivity contribution in [1.82, 2.24) is 14.8 Å². The molecule has 0 spiro atoms. The Bertz CT molecular complexity index is 349. The van der Waals surface area contributed by atoms with Crippen molar-refractivity contribution >= 4 is 17.7 Å². The molecule has 1 aromatic rings. The number of aromatic nitrogens is 3. The Morgan fingerprint density at radius 1 is 1.80 bits per heavy atom. The average molecular weight is 229 g/mol. The highest BCUT2D eigenvalue weighted by Crippen LogP contribution is 2.24. The van der Waals surface area contributed by atoms with E-state index in [0.29, 0.717) is 11.8 Å². The van der Waals surface area contributed by atoms with Crippen LogP contribution in [0.3, 0.4) is 0 Å². The van der Waals surface area contributed by atoms with Crippen molar-refractivity contribution in [1.29, 1.82) is 0 Å². The van der Waals surface area contributed by atoms with Crippen LogP contribution in [-0.4, -0.2) is 44.8 Å². The molecular formula is C8H11N3O3S. The van der Waals surface area contributed by atoms with Crippen LogP contribution < -0.4 is 0 Å². The minimum Gasteiger partial charge on any atom is -0.481 e. The fourth-order valence-electron chi connectivity index (χ4n) is 1.45. The van der Waals surface area contributed by atoms with Crippen LogP contribution in [0.15, 0.2) is 11.5 Å². The zero-order valence-corrected chi connectivity index (χ0v) is 8.81. The second kappa shape index (κ2) is 4.63. The van der Waals surface area contributed by atoms with Crippen molar-refractivity contribution in [3.05, 3.63) is 6.33 Å². The normalized spacial score (nSPS) is 20.7. The van der Waals surface area contributed by atoms with Gasteiger partial charge in [-0.1, -0.05) is 11.8 Å². The van der Waals surface area contributed by atoms with Crippen LogP contribution in [0.4, 0.5) is 0 Å². The van der Waals surface area contributed by atoms with Crippen LogP contribution in [0.5, 0.6) is 0 Å². The number of carbonyl (C=O) groups is 1. The van der Waals surface area contributed by atoms with Gasteiger partial charge in [0.25, 0.3) is 0 Å². The molecule has 1 unspecified atom stereocenters. The third kappa shape index (κ3) is 2.48. The molecule has 1 atom stereocenters. The molecule has 1 fully saturated rings. The van der Waals surface area contributed by atoms with Crippen LogP contribution in [0.2, 0.25) is 0 Å². The molecule has 0 bridgehead atoms. The fraction of sp³-hybridized carbons (Fsp3) is 0.625. The number of carboxylic acids is 1. The number of carboxylic acid groups (broad SMARTS) is 1. The van der Waals surface area contributed by atoms with Gasteiger partial charge in [-0.2, -0.15) is 0 Å². The summed E-state index contributed by atoms with van der Waals surface area (Å²) in [5.74, 6) is -0.844. The maximum atomic E-state index is 10.4. The first-order chi connectivity index (χ1) is 7.27. The third-order valence-corrected chi connectivity index (χ3v) is 3.11. The van der Waals surface area contributed by atoms with Gasteiger partial charge in [0.1, 0.15) is 6.33 Å². The summed E-state index contributed by atoms with van der Waals surface area (Å²) >= 11 is 1.18. The quantitative estimate of drug-likeness (QED) is 0.754. The molecule has 1 aliphatic rings. The van der Waals surface area contributed by atoms with Gasteiger partial charge in [-0.3, -0.25) is 4.79 Å². The molecule has 1 aliphatic heterocycles. The maximum absolute atomic E-state index is 10.4. The topological polar surface area (TPSA) is 77.2 Å². The van der Waals surface area contributed by atoms with Gasteiger partial charge >= 0.3 is 5.97 Å². The zero-order valence-electron chi connectivity index (χ0n) is 8.00. The number of hydrogen-bond acceptors (Lipinski definition) is 5. The Hall–Kier alpha value is -1.08. The van der Waals surface area contributed by atoms with Crippen LogP contribution in [0.1, 0.15) is 12.5 Å². The second-order valence-electron chi connectivity index (χ2n) is 3.22.